The van der Waals surface area contributed by atoms with Crippen molar-refractivity contribution in [2.45, 2.75) is 25.4 Å². The molecule has 0 aliphatic carbocycles. The number of aromatic nitrogens is 1. The smallest absolute Gasteiger partial charge is 0.124 e. The van der Waals surface area contributed by atoms with Gasteiger partial charge in [0.1, 0.15) is 5.75 Å². The highest BCUT2D eigenvalue weighted by molar-refractivity contribution is 5.87. The summed E-state index contributed by atoms with van der Waals surface area (Å²) in [4.78, 5) is 0. The fourth-order valence-electron chi connectivity index (χ4n) is 2.41. The lowest BCUT2D eigenvalue weighted by molar-refractivity contribution is 0.469. The van der Waals surface area contributed by atoms with Crippen LogP contribution in [0.25, 0.3) is 10.9 Å². The van der Waals surface area contributed by atoms with E-state index in [-0.39, 0.29) is 6.04 Å². The molecule has 1 aromatic heterocycles. The number of fused-ring (bicyclic) bond motifs is 3. The van der Waals surface area contributed by atoms with E-state index in [1.807, 2.05) is 12.1 Å². The number of nitrogens with zero attached hydrogens (tertiary/aromatic N) is 1. The standard InChI is InChI=1S/C12H14N2O/c13-8-4-5-9-6-10-11(14(9)7-8)2-1-3-12(10)15/h1-3,6,8,15H,4-5,7,13H2. The summed E-state index contributed by atoms with van der Waals surface area (Å²) >= 11 is 0. The monoisotopic (exact) mass is 202 g/mol. The van der Waals surface area contributed by atoms with E-state index < -0.39 is 0 Å². The van der Waals surface area contributed by atoms with Gasteiger partial charge in [-0.1, -0.05) is 6.07 Å². The maximum Gasteiger partial charge on any atom is 0.124 e. The molecule has 3 heteroatoms. The number of aryl methyl sites for hydroxylation is 1. The first kappa shape index (κ1) is 8.80. The van der Waals surface area contributed by atoms with Gasteiger partial charge in [0.25, 0.3) is 0 Å². The van der Waals surface area contributed by atoms with Crippen molar-refractivity contribution in [3.05, 3.63) is 30.0 Å². The van der Waals surface area contributed by atoms with Crippen molar-refractivity contribution < 1.29 is 5.11 Å². The Bertz CT molecular complexity index is 516. The predicted molar refractivity (Wildman–Crippen MR) is 59.9 cm³/mol. The zero-order chi connectivity index (χ0) is 10.4. The number of benzene rings is 1. The molecule has 3 nitrogen and oxygen atoms in total. The second kappa shape index (κ2) is 3.00. The van der Waals surface area contributed by atoms with Gasteiger partial charge < -0.3 is 15.4 Å². The maximum absolute atomic E-state index is 9.74. The summed E-state index contributed by atoms with van der Waals surface area (Å²) in [5.74, 6) is 0.364. The van der Waals surface area contributed by atoms with Gasteiger partial charge >= 0.3 is 0 Å². The second-order valence-corrected chi connectivity index (χ2v) is 4.25. The van der Waals surface area contributed by atoms with E-state index >= 15 is 0 Å². The van der Waals surface area contributed by atoms with Gasteiger partial charge in [0.2, 0.25) is 0 Å². The Labute approximate surface area is 88.1 Å². The third-order valence-electron chi connectivity index (χ3n) is 3.20. The Morgan fingerprint density at radius 3 is 3.13 bits per heavy atom. The average molecular weight is 202 g/mol. The van der Waals surface area contributed by atoms with Crippen molar-refractivity contribution in [3.63, 3.8) is 0 Å². The summed E-state index contributed by atoms with van der Waals surface area (Å²) in [5.41, 5.74) is 8.34. The van der Waals surface area contributed by atoms with E-state index in [0.717, 1.165) is 30.3 Å². The molecule has 0 bridgehead atoms. The third-order valence-corrected chi connectivity index (χ3v) is 3.20. The zero-order valence-corrected chi connectivity index (χ0v) is 8.48. The molecule has 0 amide bonds. The molecule has 78 valence electrons. The summed E-state index contributed by atoms with van der Waals surface area (Å²) in [5, 5.41) is 10.7. The van der Waals surface area contributed by atoms with Gasteiger partial charge in [-0.2, -0.15) is 0 Å². The maximum atomic E-state index is 9.74. The van der Waals surface area contributed by atoms with Crippen LogP contribution in [0.1, 0.15) is 12.1 Å². The summed E-state index contributed by atoms with van der Waals surface area (Å²) in [6.07, 6.45) is 2.05. The molecule has 2 aromatic rings. The van der Waals surface area contributed by atoms with Crippen molar-refractivity contribution in [3.8, 4) is 5.75 Å². The van der Waals surface area contributed by atoms with Crippen LogP contribution in [0.4, 0.5) is 0 Å². The van der Waals surface area contributed by atoms with Crippen molar-refractivity contribution >= 4 is 10.9 Å². The van der Waals surface area contributed by atoms with Crippen LogP contribution in [-0.2, 0) is 13.0 Å². The van der Waals surface area contributed by atoms with Gasteiger partial charge in [-0.3, -0.25) is 0 Å². The number of phenols is 1. The average Bonchev–Trinajstić information content (AvgIpc) is 2.58. The van der Waals surface area contributed by atoms with Crippen molar-refractivity contribution in [2.75, 3.05) is 0 Å². The van der Waals surface area contributed by atoms with Crippen molar-refractivity contribution in [2.24, 2.45) is 5.73 Å². The first-order valence-corrected chi connectivity index (χ1v) is 5.31. The Kier molecular flexibility index (Phi) is 1.76. The van der Waals surface area contributed by atoms with Crippen molar-refractivity contribution in [1.29, 1.82) is 0 Å². The predicted octanol–water partition coefficient (Wildman–Crippen LogP) is 1.62. The molecule has 0 radical (unpaired) electrons. The fraction of sp³-hybridized carbons (Fsp3) is 0.333. The van der Waals surface area contributed by atoms with Gasteiger partial charge in [0.15, 0.2) is 0 Å². The number of hydrogen-bond donors (Lipinski definition) is 2. The molecule has 1 aliphatic heterocycles. The van der Waals surface area contributed by atoms with E-state index in [0.29, 0.717) is 5.75 Å². The minimum atomic E-state index is 0.246. The highest BCUT2D eigenvalue weighted by Crippen LogP contribution is 2.30. The van der Waals surface area contributed by atoms with Crippen LogP contribution in [-0.4, -0.2) is 15.7 Å². The number of rotatable bonds is 0. The minimum Gasteiger partial charge on any atom is -0.507 e. The molecule has 1 atom stereocenters. The highest BCUT2D eigenvalue weighted by atomic mass is 16.3. The van der Waals surface area contributed by atoms with Gasteiger partial charge in [0.05, 0.1) is 5.52 Å². The van der Waals surface area contributed by atoms with Crippen LogP contribution in [0.15, 0.2) is 24.3 Å². The molecule has 0 saturated heterocycles. The molecule has 2 heterocycles. The SMILES string of the molecule is NC1CCc2cc3c(O)cccc3n2C1. The second-order valence-electron chi connectivity index (χ2n) is 4.25. The van der Waals surface area contributed by atoms with Crippen LogP contribution in [0.5, 0.6) is 5.75 Å². The fourth-order valence-corrected chi connectivity index (χ4v) is 2.41. The number of hydrogen-bond acceptors (Lipinski definition) is 2. The number of nitrogens with two attached hydrogens (primary N) is 1. The van der Waals surface area contributed by atoms with Gasteiger partial charge in [-0.25, -0.2) is 0 Å². The molecule has 3 N–H and O–H groups in total. The normalized spacial score (nSPS) is 20.5. The van der Waals surface area contributed by atoms with Gasteiger partial charge in [-0.15, -0.1) is 0 Å². The Morgan fingerprint density at radius 1 is 1.40 bits per heavy atom. The summed E-state index contributed by atoms with van der Waals surface area (Å²) < 4.78 is 2.23. The first-order valence-electron chi connectivity index (χ1n) is 5.31. The minimum absolute atomic E-state index is 0.246. The molecule has 0 saturated carbocycles. The van der Waals surface area contributed by atoms with Crippen LogP contribution < -0.4 is 5.73 Å². The van der Waals surface area contributed by atoms with Crippen LogP contribution in [0.2, 0.25) is 0 Å². The van der Waals surface area contributed by atoms with Gasteiger partial charge in [-0.05, 0) is 31.0 Å². The Hall–Kier alpha value is -1.48. The molecular formula is C12H14N2O. The Balaban J connectivity index is 2.29. The molecule has 1 aromatic carbocycles. The van der Waals surface area contributed by atoms with E-state index in [2.05, 4.69) is 10.6 Å². The molecule has 0 spiro atoms. The van der Waals surface area contributed by atoms with E-state index in [9.17, 15) is 5.11 Å². The first-order chi connectivity index (χ1) is 7.25. The van der Waals surface area contributed by atoms with Gasteiger partial charge in [0, 0.05) is 23.7 Å². The lowest BCUT2D eigenvalue weighted by Crippen LogP contribution is -2.31. The summed E-state index contributed by atoms with van der Waals surface area (Å²) in [6.45, 7) is 0.863. The van der Waals surface area contributed by atoms with Crippen LogP contribution in [0.3, 0.4) is 0 Å². The lowest BCUT2D eigenvalue weighted by atomic mass is 10.1. The Morgan fingerprint density at radius 2 is 2.27 bits per heavy atom. The lowest BCUT2D eigenvalue weighted by Gasteiger charge is -2.21. The molecule has 15 heavy (non-hydrogen) atoms. The largest absolute Gasteiger partial charge is 0.507 e. The van der Waals surface area contributed by atoms with E-state index in [1.54, 1.807) is 6.07 Å². The van der Waals surface area contributed by atoms with Crippen LogP contribution >= 0.6 is 0 Å². The number of phenolic OH excluding ortho intramolecular Hbond substituents is 1. The van der Waals surface area contributed by atoms with Crippen molar-refractivity contribution in [1.82, 2.24) is 4.57 Å². The molecule has 1 unspecified atom stereocenters. The summed E-state index contributed by atoms with van der Waals surface area (Å²) in [6, 6.07) is 7.97. The van der Waals surface area contributed by atoms with E-state index in [4.69, 9.17) is 5.73 Å². The molecule has 1 aliphatic rings. The molecular weight excluding hydrogens is 188 g/mol. The third kappa shape index (κ3) is 1.23. The van der Waals surface area contributed by atoms with E-state index in [1.165, 1.54) is 5.69 Å². The molecule has 0 fully saturated rings. The quantitative estimate of drug-likeness (QED) is 0.682. The number of aromatic hydroxyl groups is 1. The molecule has 3 rings (SSSR count). The zero-order valence-electron chi connectivity index (χ0n) is 8.48. The van der Waals surface area contributed by atoms with Crippen LogP contribution in [0, 0.1) is 0 Å². The topological polar surface area (TPSA) is 51.2 Å². The summed E-state index contributed by atoms with van der Waals surface area (Å²) in [7, 11) is 0. The highest BCUT2D eigenvalue weighted by Gasteiger charge is 2.18.